The highest BCUT2D eigenvalue weighted by Crippen LogP contribution is 2.13. The van der Waals surface area contributed by atoms with Crippen LogP contribution in [0.5, 0.6) is 5.75 Å². The van der Waals surface area contributed by atoms with E-state index in [0.717, 1.165) is 22.4 Å². The van der Waals surface area contributed by atoms with Gasteiger partial charge in [0.15, 0.2) is 0 Å². The van der Waals surface area contributed by atoms with Crippen LogP contribution < -0.4 is 15.5 Å². The van der Waals surface area contributed by atoms with Crippen molar-refractivity contribution in [2.75, 3.05) is 0 Å². The maximum absolute atomic E-state index is 12.3. The Labute approximate surface area is 180 Å². The summed E-state index contributed by atoms with van der Waals surface area (Å²) < 4.78 is 7.48. The zero-order chi connectivity index (χ0) is 21.5. The van der Waals surface area contributed by atoms with Crippen molar-refractivity contribution in [1.29, 1.82) is 0 Å². The van der Waals surface area contributed by atoms with E-state index in [4.69, 9.17) is 4.74 Å². The number of amides is 1. The quantitative estimate of drug-likeness (QED) is 0.478. The van der Waals surface area contributed by atoms with Gasteiger partial charge in [-0.15, -0.1) is 0 Å². The van der Waals surface area contributed by atoms with Gasteiger partial charge in [0.1, 0.15) is 12.4 Å². The predicted octanol–water partition coefficient (Wildman–Crippen LogP) is 3.68. The summed E-state index contributed by atoms with van der Waals surface area (Å²) in [7, 11) is 0. The lowest BCUT2D eigenvalue weighted by Crippen LogP contribution is -2.25. The highest BCUT2D eigenvalue weighted by molar-refractivity contribution is 5.79. The Kier molecular flexibility index (Phi) is 6.38. The molecule has 0 radical (unpaired) electrons. The number of rotatable bonds is 8. The second-order valence-corrected chi connectivity index (χ2v) is 7.20. The van der Waals surface area contributed by atoms with E-state index in [1.165, 1.54) is 6.20 Å². The Balaban J connectivity index is 1.30. The lowest BCUT2D eigenvalue weighted by atomic mass is 10.1. The van der Waals surface area contributed by atoms with Crippen molar-refractivity contribution in [2.24, 2.45) is 0 Å². The molecule has 0 aliphatic heterocycles. The fourth-order valence-electron chi connectivity index (χ4n) is 3.35. The molecule has 0 bridgehead atoms. The van der Waals surface area contributed by atoms with E-state index >= 15 is 0 Å². The number of nitrogens with zero attached hydrogens (tertiary/aromatic N) is 2. The van der Waals surface area contributed by atoms with Crippen LogP contribution in [0.1, 0.15) is 17.5 Å². The van der Waals surface area contributed by atoms with Gasteiger partial charge in [0.2, 0.25) is 11.3 Å². The van der Waals surface area contributed by atoms with Gasteiger partial charge in [0.05, 0.1) is 18.3 Å². The van der Waals surface area contributed by atoms with Crippen LogP contribution in [0.15, 0.2) is 89.9 Å². The minimum atomic E-state index is -0.118. The summed E-state index contributed by atoms with van der Waals surface area (Å²) in [6, 6.07) is 24.9. The first kappa shape index (κ1) is 20.3. The Hall–Kier alpha value is -3.93. The first-order chi connectivity index (χ1) is 15.2. The Bertz CT molecular complexity index is 1240. The standard InChI is InChI=1S/C25H23N3O3/c29-24-17-27-28(23-12-5-4-11-22(23)24)14-13-25(30)26-16-19-7-6-8-20(15-19)18-31-21-9-2-1-3-10-21/h1-12,15,17H,13-14,16,18H2,(H,26,30). The maximum Gasteiger partial charge on any atom is 0.222 e. The molecule has 0 aliphatic rings. The number of hydrogen-bond donors (Lipinski definition) is 1. The smallest absolute Gasteiger partial charge is 0.222 e. The molecular weight excluding hydrogens is 390 g/mol. The largest absolute Gasteiger partial charge is 0.489 e. The third-order valence-corrected chi connectivity index (χ3v) is 4.94. The summed E-state index contributed by atoms with van der Waals surface area (Å²) in [6.45, 7) is 1.31. The molecule has 4 rings (SSSR count). The van der Waals surface area contributed by atoms with Gasteiger partial charge in [-0.3, -0.25) is 14.3 Å². The van der Waals surface area contributed by atoms with Crippen molar-refractivity contribution in [1.82, 2.24) is 15.1 Å². The molecule has 1 aromatic heterocycles. The molecule has 1 amide bonds. The van der Waals surface area contributed by atoms with Gasteiger partial charge in [-0.05, 0) is 35.4 Å². The molecule has 3 aromatic carbocycles. The van der Waals surface area contributed by atoms with E-state index in [9.17, 15) is 9.59 Å². The average Bonchev–Trinajstić information content (AvgIpc) is 2.82. The second kappa shape index (κ2) is 9.71. The highest BCUT2D eigenvalue weighted by atomic mass is 16.5. The fourth-order valence-corrected chi connectivity index (χ4v) is 3.35. The predicted molar refractivity (Wildman–Crippen MR) is 120 cm³/mol. The number of fused-ring (bicyclic) bond motifs is 1. The first-order valence-electron chi connectivity index (χ1n) is 10.2. The SMILES string of the molecule is O=C(CCn1ncc(=O)c2ccccc21)NCc1cccc(COc2ccccc2)c1. The summed E-state index contributed by atoms with van der Waals surface area (Å²) in [6.07, 6.45) is 1.57. The van der Waals surface area contributed by atoms with Crippen LogP contribution >= 0.6 is 0 Å². The molecule has 0 spiro atoms. The summed E-state index contributed by atoms with van der Waals surface area (Å²) in [4.78, 5) is 24.3. The number of carbonyl (C=O) groups is 1. The zero-order valence-electron chi connectivity index (χ0n) is 17.0. The fraction of sp³-hybridized carbons (Fsp3) is 0.160. The zero-order valence-corrected chi connectivity index (χ0v) is 17.0. The molecule has 1 heterocycles. The van der Waals surface area contributed by atoms with E-state index in [-0.39, 0.29) is 17.8 Å². The minimum Gasteiger partial charge on any atom is -0.489 e. The number of ether oxygens (including phenoxy) is 1. The van der Waals surface area contributed by atoms with E-state index in [1.54, 1.807) is 10.7 Å². The summed E-state index contributed by atoms with van der Waals surface area (Å²) in [5.41, 5.74) is 2.66. The van der Waals surface area contributed by atoms with Gasteiger partial charge < -0.3 is 10.1 Å². The lowest BCUT2D eigenvalue weighted by molar-refractivity contribution is -0.121. The molecule has 0 unspecified atom stereocenters. The van der Waals surface area contributed by atoms with Crippen LogP contribution in [0.3, 0.4) is 0 Å². The van der Waals surface area contributed by atoms with Crippen molar-refractivity contribution < 1.29 is 9.53 Å². The molecule has 6 heteroatoms. The molecule has 156 valence electrons. The van der Waals surface area contributed by atoms with E-state index in [1.807, 2.05) is 72.8 Å². The van der Waals surface area contributed by atoms with Crippen LogP contribution in [0.25, 0.3) is 10.9 Å². The molecule has 31 heavy (non-hydrogen) atoms. The molecule has 6 nitrogen and oxygen atoms in total. The Morgan fingerprint density at radius 2 is 1.71 bits per heavy atom. The molecule has 1 N–H and O–H groups in total. The minimum absolute atomic E-state index is 0.0736. The molecule has 4 aromatic rings. The topological polar surface area (TPSA) is 73.2 Å². The first-order valence-corrected chi connectivity index (χ1v) is 10.2. The van der Waals surface area contributed by atoms with Gasteiger partial charge in [-0.2, -0.15) is 5.10 Å². The van der Waals surface area contributed by atoms with Gasteiger partial charge in [0, 0.05) is 18.4 Å². The van der Waals surface area contributed by atoms with E-state index in [2.05, 4.69) is 10.4 Å². The monoisotopic (exact) mass is 413 g/mol. The number of benzene rings is 3. The van der Waals surface area contributed by atoms with Gasteiger partial charge in [0.25, 0.3) is 0 Å². The second-order valence-electron chi connectivity index (χ2n) is 7.20. The number of nitrogens with one attached hydrogen (secondary N) is 1. The number of carbonyl (C=O) groups excluding carboxylic acids is 1. The third-order valence-electron chi connectivity index (χ3n) is 4.94. The van der Waals surface area contributed by atoms with Gasteiger partial charge >= 0.3 is 0 Å². The molecule has 0 saturated heterocycles. The van der Waals surface area contributed by atoms with Crippen molar-refractivity contribution in [3.63, 3.8) is 0 Å². The van der Waals surface area contributed by atoms with E-state index < -0.39 is 0 Å². The highest BCUT2D eigenvalue weighted by Gasteiger charge is 2.07. The van der Waals surface area contributed by atoms with Crippen LogP contribution in [0.2, 0.25) is 0 Å². The Morgan fingerprint density at radius 1 is 0.935 bits per heavy atom. The molecule has 0 saturated carbocycles. The van der Waals surface area contributed by atoms with Crippen LogP contribution in [-0.2, 0) is 24.5 Å². The van der Waals surface area contributed by atoms with Crippen LogP contribution in [0, 0.1) is 0 Å². The lowest BCUT2D eigenvalue weighted by Gasteiger charge is -2.10. The van der Waals surface area contributed by atoms with Crippen molar-refractivity contribution >= 4 is 16.8 Å². The molecular formula is C25H23N3O3. The summed E-state index contributed by atoms with van der Waals surface area (Å²) >= 11 is 0. The molecule has 0 fully saturated rings. The average molecular weight is 413 g/mol. The number of aromatic nitrogens is 2. The Morgan fingerprint density at radius 3 is 2.58 bits per heavy atom. The molecule has 0 atom stereocenters. The van der Waals surface area contributed by atoms with Gasteiger partial charge in [-0.25, -0.2) is 0 Å². The van der Waals surface area contributed by atoms with Crippen molar-refractivity contribution in [3.05, 3.63) is 106 Å². The number of hydrogen-bond acceptors (Lipinski definition) is 4. The van der Waals surface area contributed by atoms with Crippen molar-refractivity contribution in [2.45, 2.75) is 26.1 Å². The number of aryl methyl sites for hydroxylation is 1. The normalized spacial score (nSPS) is 10.7. The molecule has 0 aliphatic carbocycles. The van der Waals surface area contributed by atoms with Crippen LogP contribution in [-0.4, -0.2) is 15.7 Å². The van der Waals surface area contributed by atoms with Gasteiger partial charge in [-0.1, -0.05) is 54.6 Å². The summed E-state index contributed by atoms with van der Waals surface area (Å²) in [5.74, 6) is 0.750. The number of para-hydroxylation sites is 2. The third kappa shape index (κ3) is 5.36. The van der Waals surface area contributed by atoms with Crippen molar-refractivity contribution in [3.8, 4) is 5.75 Å². The van der Waals surface area contributed by atoms with E-state index in [0.29, 0.717) is 25.1 Å². The maximum atomic E-state index is 12.3. The van der Waals surface area contributed by atoms with Crippen LogP contribution in [0.4, 0.5) is 0 Å². The summed E-state index contributed by atoms with van der Waals surface area (Å²) in [5, 5.41) is 7.72.